The molecule has 0 aliphatic heterocycles. The van der Waals surface area contributed by atoms with Crippen LogP contribution in [0.3, 0.4) is 0 Å². The number of hydrogen-bond donors (Lipinski definition) is 1. The molecule has 0 saturated carbocycles. The highest BCUT2D eigenvalue weighted by atomic mass is 16.5. The summed E-state index contributed by atoms with van der Waals surface area (Å²) in [6.07, 6.45) is 6.52. The maximum Gasteiger partial charge on any atom is 0.339 e. The van der Waals surface area contributed by atoms with Crippen LogP contribution in [-0.2, 0) is 11.8 Å². The van der Waals surface area contributed by atoms with Gasteiger partial charge < -0.3 is 14.6 Å². The smallest absolute Gasteiger partial charge is 0.339 e. The predicted molar refractivity (Wildman–Crippen MR) is 126 cm³/mol. The lowest BCUT2D eigenvalue weighted by molar-refractivity contribution is 0.0599. The van der Waals surface area contributed by atoms with Crippen molar-refractivity contribution in [2.45, 2.75) is 13.8 Å². The normalized spacial score (nSPS) is 11.2. The molecule has 0 saturated heterocycles. The van der Waals surface area contributed by atoms with Crippen molar-refractivity contribution < 1.29 is 9.53 Å². The summed E-state index contributed by atoms with van der Waals surface area (Å²) in [4.78, 5) is 37.8. The number of aromatic nitrogens is 3. The summed E-state index contributed by atoms with van der Waals surface area (Å²) in [7, 11) is 2.80. The number of nitrogens with one attached hydrogen (secondary N) is 1. The summed E-state index contributed by atoms with van der Waals surface area (Å²) < 4.78 is 7.27. The Hall–Kier alpha value is -4.20. The lowest BCUT2D eigenvalue weighted by Crippen LogP contribution is -2.25. The minimum atomic E-state index is -0.579. The molecule has 164 valence electrons. The Balaban J connectivity index is 2.26. The zero-order valence-corrected chi connectivity index (χ0v) is 18.4. The maximum atomic E-state index is 13.1. The van der Waals surface area contributed by atoms with Crippen LogP contribution in [0, 0.1) is 0 Å². The number of carbonyl (C=O) groups is 1. The average Bonchev–Trinajstić information content (AvgIpc) is 2.78. The molecule has 0 radical (unpaired) electrons. The molecule has 0 fully saturated rings. The quantitative estimate of drug-likeness (QED) is 0.472. The molecule has 0 atom stereocenters. The maximum absolute atomic E-state index is 13.1. The Morgan fingerprint density at radius 2 is 1.81 bits per heavy atom. The summed E-state index contributed by atoms with van der Waals surface area (Å²) in [6, 6.07) is 8.34. The van der Waals surface area contributed by atoms with Gasteiger partial charge in [0.15, 0.2) is 5.82 Å². The molecule has 2 heterocycles. The molecule has 8 nitrogen and oxygen atoms in total. The Bertz CT molecular complexity index is 1390. The zero-order chi connectivity index (χ0) is 23.4. The highest BCUT2D eigenvalue weighted by molar-refractivity contribution is 5.94. The minimum Gasteiger partial charge on any atom is -0.465 e. The third-order valence-electron chi connectivity index (χ3n) is 4.70. The van der Waals surface area contributed by atoms with Crippen molar-refractivity contribution in [1.29, 1.82) is 0 Å². The van der Waals surface area contributed by atoms with Gasteiger partial charge >= 0.3 is 5.97 Å². The Morgan fingerprint density at radius 1 is 1.12 bits per heavy atom. The van der Waals surface area contributed by atoms with E-state index in [4.69, 9.17) is 4.74 Å². The Labute approximate surface area is 184 Å². The van der Waals surface area contributed by atoms with Crippen LogP contribution < -0.4 is 16.4 Å². The van der Waals surface area contributed by atoms with Crippen LogP contribution in [0.15, 0.2) is 76.5 Å². The first-order valence-electron chi connectivity index (χ1n) is 9.83. The molecule has 0 bridgehead atoms. The fourth-order valence-electron chi connectivity index (χ4n) is 3.09. The molecule has 0 amide bonds. The summed E-state index contributed by atoms with van der Waals surface area (Å²) in [5.74, 6) is -0.297. The number of ether oxygens (including phenoxy) is 1. The summed E-state index contributed by atoms with van der Waals surface area (Å²) in [5.41, 5.74) is 1.14. The third kappa shape index (κ3) is 4.44. The molecule has 1 N–H and O–H groups in total. The SMILES string of the molecule is C=C/C(=C\C=C(C)C)n1nc(Nc2cc(C(=O)OC)cn(C)c2=O)c2ccccc2c1=O. The fraction of sp³-hybridized carbons (Fsp3) is 0.167. The first kappa shape index (κ1) is 22.5. The standard InChI is InChI=1S/C24H24N4O4/c1-6-17(12-11-15(2)3)28-22(29)19-10-8-7-9-18(19)21(26-28)25-20-13-16(24(31)32-5)14-27(4)23(20)30/h6-14H,1H2,2-5H3,(H,25,26)/b17-12+. The van der Waals surface area contributed by atoms with Crippen molar-refractivity contribution in [2.24, 2.45) is 7.05 Å². The van der Waals surface area contributed by atoms with Gasteiger partial charge in [-0.3, -0.25) is 9.59 Å². The van der Waals surface area contributed by atoms with E-state index in [1.165, 1.54) is 41.7 Å². The van der Waals surface area contributed by atoms with Crippen LogP contribution in [0.1, 0.15) is 24.2 Å². The number of carbonyl (C=O) groups excluding carboxylic acids is 1. The van der Waals surface area contributed by atoms with E-state index in [0.29, 0.717) is 16.5 Å². The number of pyridine rings is 1. The number of benzene rings is 1. The van der Waals surface area contributed by atoms with Crippen LogP contribution in [-0.4, -0.2) is 27.4 Å². The van der Waals surface area contributed by atoms with Crippen molar-refractivity contribution in [1.82, 2.24) is 14.3 Å². The van der Waals surface area contributed by atoms with Crippen molar-refractivity contribution in [3.63, 3.8) is 0 Å². The second-order valence-corrected chi connectivity index (χ2v) is 7.33. The van der Waals surface area contributed by atoms with Gasteiger partial charge in [-0.05, 0) is 38.1 Å². The van der Waals surface area contributed by atoms with Crippen LogP contribution in [0.2, 0.25) is 0 Å². The topological polar surface area (TPSA) is 95.2 Å². The van der Waals surface area contributed by atoms with E-state index < -0.39 is 5.97 Å². The second kappa shape index (κ2) is 9.30. The molecule has 0 spiro atoms. The van der Waals surface area contributed by atoms with E-state index in [1.54, 1.807) is 30.3 Å². The van der Waals surface area contributed by atoms with Gasteiger partial charge in [-0.25, -0.2) is 4.79 Å². The first-order valence-corrected chi connectivity index (χ1v) is 9.83. The van der Waals surface area contributed by atoms with Crippen LogP contribution in [0.4, 0.5) is 11.5 Å². The molecule has 8 heteroatoms. The van der Waals surface area contributed by atoms with Gasteiger partial charge in [-0.1, -0.05) is 36.4 Å². The molecule has 3 rings (SSSR count). The Kier molecular flexibility index (Phi) is 6.53. The highest BCUT2D eigenvalue weighted by Gasteiger charge is 2.16. The zero-order valence-electron chi connectivity index (χ0n) is 18.4. The molecule has 0 unspecified atom stereocenters. The van der Waals surface area contributed by atoms with E-state index >= 15 is 0 Å². The molecule has 0 aliphatic carbocycles. The number of fused-ring (bicyclic) bond motifs is 1. The van der Waals surface area contributed by atoms with Crippen LogP contribution in [0.5, 0.6) is 0 Å². The summed E-state index contributed by atoms with van der Waals surface area (Å²) >= 11 is 0. The summed E-state index contributed by atoms with van der Waals surface area (Å²) in [5, 5.41) is 8.41. The number of anilines is 2. The Morgan fingerprint density at radius 3 is 2.44 bits per heavy atom. The number of allylic oxidation sites excluding steroid dienone is 5. The minimum absolute atomic E-state index is 0.117. The van der Waals surface area contributed by atoms with Gasteiger partial charge in [0.1, 0.15) is 5.69 Å². The van der Waals surface area contributed by atoms with Gasteiger partial charge in [-0.15, -0.1) is 5.10 Å². The second-order valence-electron chi connectivity index (χ2n) is 7.33. The average molecular weight is 432 g/mol. The van der Waals surface area contributed by atoms with Gasteiger partial charge in [0, 0.05) is 18.6 Å². The van der Waals surface area contributed by atoms with Gasteiger partial charge in [0.25, 0.3) is 11.1 Å². The number of aryl methyl sites for hydroxylation is 1. The monoisotopic (exact) mass is 432 g/mol. The molecule has 3 aromatic rings. The van der Waals surface area contributed by atoms with Crippen molar-refractivity contribution in [2.75, 3.05) is 12.4 Å². The highest BCUT2D eigenvalue weighted by Crippen LogP contribution is 2.22. The van der Waals surface area contributed by atoms with E-state index in [2.05, 4.69) is 17.0 Å². The predicted octanol–water partition coefficient (Wildman–Crippen LogP) is 3.62. The lowest BCUT2D eigenvalue weighted by atomic mass is 10.1. The van der Waals surface area contributed by atoms with Crippen LogP contribution in [0.25, 0.3) is 16.5 Å². The number of methoxy groups -OCH3 is 1. The summed E-state index contributed by atoms with van der Waals surface area (Å²) in [6.45, 7) is 7.66. The third-order valence-corrected chi connectivity index (χ3v) is 4.70. The van der Waals surface area contributed by atoms with E-state index in [9.17, 15) is 14.4 Å². The van der Waals surface area contributed by atoms with E-state index in [1.807, 2.05) is 19.9 Å². The van der Waals surface area contributed by atoms with Gasteiger partial charge in [0.2, 0.25) is 0 Å². The van der Waals surface area contributed by atoms with Gasteiger partial charge in [-0.2, -0.15) is 4.68 Å². The first-order chi connectivity index (χ1) is 15.3. The fourth-order valence-corrected chi connectivity index (χ4v) is 3.09. The number of nitrogens with zero attached hydrogens (tertiary/aromatic N) is 3. The molecular formula is C24H24N4O4. The van der Waals surface area contributed by atoms with E-state index in [0.717, 1.165) is 5.57 Å². The molecule has 1 aromatic carbocycles. The number of esters is 1. The van der Waals surface area contributed by atoms with Crippen molar-refractivity contribution in [3.8, 4) is 0 Å². The van der Waals surface area contributed by atoms with Crippen molar-refractivity contribution in [3.05, 3.63) is 93.2 Å². The van der Waals surface area contributed by atoms with Crippen LogP contribution >= 0.6 is 0 Å². The molecule has 32 heavy (non-hydrogen) atoms. The largest absolute Gasteiger partial charge is 0.465 e. The van der Waals surface area contributed by atoms with Gasteiger partial charge in [0.05, 0.1) is 23.8 Å². The number of hydrogen-bond acceptors (Lipinski definition) is 6. The molecular weight excluding hydrogens is 408 g/mol. The van der Waals surface area contributed by atoms with Crippen molar-refractivity contribution >= 4 is 33.9 Å². The molecule has 0 aliphatic rings. The number of rotatable bonds is 6. The lowest BCUT2D eigenvalue weighted by Gasteiger charge is -2.14. The van der Waals surface area contributed by atoms with E-state index in [-0.39, 0.29) is 28.2 Å². The molecule has 2 aromatic heterocycles.